The molecule has 7 heteroatoms. The highest BCUT2D eigenvalue weighted by molar-refractivity contribution is 5.87. The van der Waals surface area contributed by atoms with Gasteiger partial charge in [-0.3, -0.25) is 10.1 Å². The van der Waals surface area contributed by atoms with E-state index in [2.05, 4.69) is 0 Å². The van der Waals surface area contributed by atoms with Crippen LogP contribution in [0.4, 0.5) is 5.69 Å². The highest BCUT2D eigenvalue weighted by atomic mass is 16.6. The normalized spacial score (nSPS) is 12.0. The van der Waals surface area contributed by atoms with Crippen molar-refractivity contribution in [3.05, 3.63) is 69.8 Å². The Hall–Kier alpha value is -3.35. The summed E-state index contributed by atoms with van der Waals surface area (Å²) in [6.07, 6.45) is 2.30. The van der Waals surface area contributed by atoms with E-state index < -0.39 is 17.0 Å². The van der Waals surface area contributed by atoms with E-state index in [9.17, 15) is 14.9 Å². The Labute approximate surface area is 163 Å². The molecule has 28 heavy (non-hydrogen) atoms. The van der Waals surface area contributed by atoms with Crippen LogP contribution in [0.25, 0.3) is 6.08 Å². The number of rotatable bonds is 8. The molecule has 0 heterocycles. The van der Waals surface area contributed by atoms with E-state index in [0.717, 1.165) is 5.56 Å². The second-order valence-electron chi connectivity index (χ2n) is 6.34. The smallest absolute Gasteiger partial charge is 0.331 e. The zero-order chi connectivity index (χ0) is 20.7. The fourth-order valence-corrected chi connectivity index (χ4v) is 2.48. The minimum absolute atomic E-state index is 0.0144. The second kappa shape index (κ2) is 9.55. The van der Waals surface area contributed by atoms with Crippen LogP contribution < -0.4 is 9.47 Å². The quantitative estimate of drug-likeness (QED) is 0.283. The maximum Gasteiger partial charge on any atom is 0.331 e. The highest BCUT2D eigenvalue weighted by Crippen LogP contribution is 2.29. The minimum Gasteiger partial charge on any atom is -0.493 e. The molecule has 0 N–H and O–H groups in total. The van der Waals surface area contributed by atoms with E-state index in [1.807, 2.05) is 13.8 Å². The number of esters is 1. The van der Waals surface area contributed by atoms with Gasteiger partial charge >= 0.3 is 5.97 Å². The van der Waals surface area contributed by atoms with Gasteiger partial charge in [-0.05, 0) is 50.1 Å². The van der Waals surface area contributed by atoms with Crippen LogP contribution in [0.5, 0.6) is 11.5 Å². The molecule has 0 fully saturated rings. The first kappa shape index (κ1) is 21.0. The summed E-state index contributed by atoms with van der Waals surface area (Å²) < 4.78 is 16.3. The van der Waals surface area contributed by atoms with Crippen molar-refractivity contribution in [2.24, 2.45) is 0 Å². The van der Waals surface area contributed by atoms with Crippen LogP contribution >= 0.6 is 0 Å². The van der Waals surface area contributed by atoms with Crippen molar-refractivity contribution >= 4 is 17.7 Å². The molecule has 0 aliphatic carbocycles. The average molecular weight is 385 g/mol. The Kier molecular flexibility index (Phi) is 7.14. The largest absolute Gasteiger partial charge is 0.493 e. The summed E-state index contributed by atoms with van der Waals surface area (Å²) in [5.74, 6) is 0.631. The first-order chi connectivity index (χ1) is 13.3. The van der Waals surface area contributed by atoms with Gasteiger partial charge in [0.2, 0.25) is 0 Å². The zero-order valence-electron chi connectivity index (χ0n) is 16.2. The lowest BCUT2D eigenvalue weighted by Crippen LogP contribution is -2.07. The summed E-state index contributed by atoms with van der Waals surface area (Å²) in [5.41, 5.74) is 1.24. The maximum absolute atomic E-state index is 12.1. The third kappa shape index (κ3) is 5.84. The molecule has 0 spiro atoms. The molecule has 0 saturated carbocycles. The molecule has 0 aliphatic heterocycles. The summed E-state index contributed by atoms with van der Waals surface area (Å²) in [5, 5.41) is 10.9. The molecule has 7 nitrogen and oxygen atoms in total. The summed E-state index contributed by atoms with van der Waals surface area (Å²) >= 11 is 0. The monoisotopic (exact) mass is 385 g/mol. The van der Waals surface area contributed by atoms with Crippen LogP contribution in [-0.2, 0) is 9.53 Å². The van der Waals surface area contributed by atoms with Crippen molar-refractivity contribution in [2.75, 3.05) is 7.11 Å². The van der Waals surface area contributed by atoms with E-state index in [1.54, 1.807) is 50.4 Å². The molecule has 0 bridgehead atoms. The number of hydrogen-bond donors (Lipinski definition) is 0. The van der Waals surface area contributed by atoms with Gasteiger partial charge in [0.1, 0.15) is 6.10 Å². The van der Waals surface area contributed by atoms with Crippen molar-refractivity contribution in [1.29, 1.82) is 0 Å². The van der Waals surface area contributed by atoms with Gasteiger partial charge < -0.3 is 14.2 Å². The van der Waals surface area contributed by atoms with Crippen molar-refractivity contribution in [3.63, 3.8) is 0 Å². The Morgan fingerprint density at radius 1 is 1.11 bits per heavy atom. The fraction of sp³-hybridized carbons (Fsp3) is 0.286. The standard InChI is InChI=1S/C21H23NO6/c1-14(2)27-19-10-8-16(12-20(19)26-4)9-11-21(23)28-15(3)17-6-5-7-18(13-17)22(24)25/h5-15H,1-4H3/b11-9+/t15-/m0/s1. The zero-order valence-corrected chi connectivity index (χ0v) is 16.2. The lowest BCUT2D eigenvalue weighted by atomic mass is 10.1. The Morgan fingerprint density at radius 2 is 1.86 bits per heavy atom. The van der Waals surface area contributed by atoms with Crippen molar-refractivity contribution in [2.45, 2.75) is 33.0 Å². The van der Waals surface area contributed by atoms with Crippen LogP contribution in [0.1, 0.15) is 38.0 Å². The minimum atomic E-state index is -0.617. The number of nitro groups is 1. The predicted octanol–water partition coefficient (Wildman–Crippen LogP) is 4.71. The Morgan fingerprint density at radius 3 is 2.50 bits per heavy atom. The van der Waals surface area contributed by atoms with E-state index in [-0.39, 0.29) is 11.8 Å². The number of benzene rings is 2. The molecule has 1 atom stereocenters. The Bertz CT molecular complexity index is 875. The first-order valence-electron chi connectivity index (χ1n) is 8.78. The van der Waals surface area contributed by atoms with Gasteiger partial charge in [0.15, 0.2) is 11.5 Å². The van der Waals surface area contributed by atoms with Gasteiger partial charge in [-0.25, -0.2) is 4.79 Å². The van der Waals surface area contributed by atoms with Crippen LogP contribution in [0.2, 0.25) is 0 Å². The summed E-state index contributed by atoms with van der Waals surface area (Å²) in [7, 11) is 1.55. The number of hydrogen-bond acceptors (Lipinski definition) is 6. The molecule has 0 radical (unpaired) electrons. The third-order valence-electron chi connectivity index (χ3n) is 3.81. The molecular formula is C21H23NO6. The molecular weight excluding hydrogens is 362 g/mol. The van der Waals surface area contributed by atoms with Gasteiger partial charge in [-0.2, -0.15) is 0 Å². The van der Waals surface area contributed by atoms with Gasteiger partial charge in [0, 0.05) is 18.2 Å². The SMILES string of the molecule is COc1cc(/C=C/C(=O)O[C@@H](C)c2cccc([N+](=O)[O-])c2)ccc1OC(C)C. The molecule has 148 valence electrons. The van der Waals surface area contributed by atoms with E-state index in [4.69, 9.17) is 14.2 Å². The van der Waals surface area contributed by atoms with Gasteiger partial charge in [0.25, 0.3) is 5.69 Å². The maximum atomic E-state index is 12.1. The number of carbonyl (C=O) groups is 1. The van der Waals surface area contributed by atoms with Crippen molar-refractivity contribution in [1.82, 2.24) is 0 Å². The first-order valence-corrected chi connectivity index (χ1v) is 8.78. The number of carbonyl (C=O) groups excluding carboxylic acids is 1. The number of methoxy groups -OCH3 is 1. The summed E-state index contributed by atoms with van der Waals surface area (Å²) in [6, 6.07) is 11.3. The molecule has 0 aromatic heterocycles. The molecule has 0 unspecified atom stereocenters. The molecule has 0 amide bonds. The van der Waals surface area contributed by atoms with Crippen molar-refractivity contribution in [3.8, 4) is 11.5 Å². The van der Waals surface area contributed by atoms with Crippen molar-refractivity contribution < 1.29 is 23.9 Å². The molecule has 2 rings (SSSR count). The number of nitro benzene ring substituents is 1. The number of nitrogens with zero attached hydrogens (tertiary/aromatic N) is 1. The number of ether oxygens (including phenoxy) is 3. The van der Waals surface area contributed by atoms with Crippen LogP contribution in [0, 0.1) is 10.1 Å². The van der Waals surface area contributed by atoms with Crippen LogP contribution in [-0.4, -0.2) is 24.1 Å². The lowest BCUT2D eigenvalue weighted by Gasteiger charge is -2.14. The van der Waals surface area contributed by atoms with Gasteiger partial charge in [0.05, 0.1) is 18.1 Å². The second-order valence-corrected chi connectivity index (χ2v) is 6.34. The van der Waals surface area contributed by atoms with E-state index >= 15 is 0 Å². The highest BCUT2D eigenvalue weighted by Gasteiger charge is 2.14. The average Bonchev–Trinajstić information content (AvgIpc) is 2.66. The molecule has 2 aromatic carbocycles. The molecule has 0 aliphatic rings. The number of non-ortho nitro benzene ring substituents is 1. The summed E-state index contributed by atoms with van der Waals surface area (Å²) in [6.45, 7) is 5.50. The lowest BCUT2D eigenvalue weighted by molar-refractivity contribution is -0.385. The third-order valence-corrected chi connectivity index (χ3v) is 3.81. The summed E-state index contributed by atoms with van der Waals surface area (Å²) in [4.78, 5) is 22.5. The molecule has 0 saturated heterocycles. The molecule has 2 aromatic rings. The van der Waals surface area contributed by atoms with E-state index in [0.29, 0.717) is 17.1 Å². The fourth-order valence-electron chi connectivity index (χ4n) is 2.48. The topological polar surface area (TPSA) is 87.9 Å². The van der Waals surface area contributed by atoms with Crippen LogP contribution in [0.3, 0.4) is 0 Å². The van der Waals surface area contributed by atoms with E-state index in [1.165, 1.54) is 18.2 Å². The predicted molar refractivity (Wildman–Crippen MR) is 105 cm³/mol. The van der Waals surface area contributed by atoms with Gasteiger partial charge in [-0.15, -0.1) is 0 Å². The van der Waals surface area contributed by atoms with Gasteiger partial charge in [-0.1, -0.05) is 18.2 Å². The Balaban J connectivity index is 2.05. The van der Waals surface area contributed by atoms with Crippen LogP contribution in [0.15, 0.2) is 48.5 Å².